The molecule has 1 heterocycles. The highest BCUT2D eigenvalue weighted by atomic mass is 16.5. The second-order valence-electron chi connectivity index (χ2n) is 4.84. The van der Waals surface area contributed by atoms with Crippen molar-refractivity contribution in [3.8, 4) is 0 Å². The Morgan fingerprint density at radius 2 is 1.91 bits per heavy atom. The van der Waals surface area contributed by atoms with E-state index in [0.717, 1.165) is 11.1 Å². The lowest BCUT2D eigenvalue weighted by Gasteiger charge is -2.09. The second kappa shape index (κ2) is 6.89. The van der Waals surface area contributed by atoms with Crippen LogP contribution in [0.25, 0.3) is 0 Å². The minimum atomic E-state index is -0.318. The molecule has 2 aromatic rings. The molecule has 0 aliphatic heterocycles. The van der Waals surface area contributed by atoms with Crippen LogP contribution >= 0.6 is 0 Å². The van der Waals surface area contributed by atoms with Crippen molar-refractivity contribution in [2.24, 2.45) is 0 Å². The highest BCUT2D eigenvalue weighted by Crippen LogP contribution is 2.12. The van der Waals surface area contributed by atoms with Crippen LogP contribution in [0.2, 0.25) is 0 Å². The quantitative estimate of drug-likeness (QED) is 0.854. The number of carbonyl (C=O) groups excluding carboxylic acids is 2. The van der Waals surface area contributed by atoms with Gasteiger partial charge in [0.1, 0.15) is 5.76 Å². The molecule has 1 aromatic heterocycles. The van der Waals surface area contributed by atoms with Crippen molar-refractivity contribution >= 4 is 11.9 Å². The van der Waals surface area contributed by atoms with Gasteiger partial charge in [0.05, 0.1) is 13.5 Å². The highest BCUT2D eigenvalue weighted by Gasteiger charge is 2.16. The smallest absolute Gasteiger partial charge is 0.309 e. The van der Waals surface area contributed by atoms with Crippen LogP contribution in [-0.4, -0.2) is 24.0 Å². The zero-order valence-corrected chi connectivity index (χ0v) is 12.8. The standard InChI is InChI=1S/C16H18N2O4/c1-10-15(18-11(2)22-10)16(20)17-9-13-7-5-4-6-12(13)8-14(19)21-3/h4-7H,8-9H2,1-3H3,(H,17,20). The molecule has 0 fully saturated rings. The number of benzene rings is 1. The zero-order chi connectivity index (χ0) is 16.1. The van der Waals surface area contributed by atoms with Crippen molar-refractivity contribution < 1.29 is 18.7 Å². The Hall–Kier alpha value is -2.63. The van der Waals surface area contributed by atoms with Crippen molar-refractivity contribution in [1.29, 1.82) is 0 Å². The van der Waals surface area contributed by atoms with E-state index in [0.29, 0.717) is 18.2 Å². The average Bonchev–Trinajstić information content (AvgIpc) is 2.84. The minimum absolute atomic E-state index is 0.171. The van der Waals surface area contributed by atoms with Crippen molar-refractivity contribution in [1.82, 2.24) is 10.3 Å². The molecule has 1 amide bonds. The summed E-state index contributed by atoms with van der Waals surface area (Å²) in [6.45, 7) is 3.69. The first kappa shape index (κ1) is 15.8. The molecule has 1 N–H and O–H groups in total. The first-order valence-corrected chi connectivity index (χ1v) is 6.87. The van der Waals surface area contributed by atoms with E-state index in [1.165, 1.54) is 7.11 Å². The Balaban J connectivity index is 2.07. The number of hydrogen-bond acceptors (Lipinski definition) is 5. The minimum Gasteiger partial charge on any atom is -0.469 e. The van der Waals surface area contributed by atoms with Crippen LogP contribution in [0.5, 0.6) is 0 Å². The molecular weight excluding hydrogens is 284 g/mol. The van der Waals surface area contributed by atoms with Gasteiger partial charge in [0.25, 0.3) is 5.91 Å². The Bertz CT molecular complexity index is 691. The first-order valence-electron chi connectivity index (χ1n) is 6.87. The molecule has 0 radical (unpaired) electrons. The topological polar surface area (TPSA) is 81.4 Å². The van der Waals surface area contributed by atoms with Gasteiger partial charge in [-0.25, -0.2) is 4.98 Å². The van der Waals surface area contributed by atoms with Crippen LogP contribution < -0.4 is 5.32 Å². The maximum atomic E-state index is 12.1. The van der Waals surface area contributed by atoms with Crippen LogP contribution in [0.3, 0.4) is 0 Å². The number of ether oxygens (including phenoxy) is 1. The van der Waals surface area contributed by atoms with Gasteiger partial charge in [-0.05, 0) is 18.1 Å². The van der Waals surface area contributed by atoms with Gasteiger partial charge in [0.15, 0.2) is 11.6 Å². The second-order valence-corrected chi connectivity index (χ2v) is 4.84. The molecule has 116 valence electrons. The van der Waals surface area contributed by atoms with Gasteiger partial charge in [0.2, 0.25) is 0 Å². The summed E-state index contributed by atoms with van der Waals surface area (Å²) >= 11 is 0. The SMILES string of the molecule is COC(=O)Cc1ccccc1CNC(=O)c1nc(C)oc1C. The summed E-state index contributed by atoms with van der Waals surface area (Å²) in [5, 5.41) is 2.79. The predicted molar refractivity (Wildman–Crippen MR) is 79.3 cm³/mol. The fraction of sp³-hybridized carbons (Fsp3) is 0.312. The number of aromatic nitrogens is 1. The molecule has 2 rings (SSSR count). The largest absolute Gasteiger partial charge is 0.469 e. The lowest BCUT2D eigenvalue weighted by atomic mass is 10.0. The molecule has 0 saturated carbocycles. The van der Waals surface area contributed by atoms with Crippen LogP contribution in [0, 0.1) is 13.8 Å². The van der Waals surface area contributed by atoms with Crippen molar-refractivity contribution in [3.05, 3.63) is 52.7 Å². The number of oxazole rings is 1. The Morgan fingerprint density at radius 1 is 1.23 bits per heavy atom. The Morgan fingerprint density at radius 3 is 2.50 bits per heavy atom. The van der Waals surface area contributed by atoms with E-state index in [4.69, 9.17) is 4.42 Å². The molecule has 0 aliphatic carbocycles. The number of rotatable bonds is 5. The van der Waals surface area contributed by atoms with Gasteiger partial charge in [-0.2, -0.15) is 0 Å². The zero-order valence-electron chi connectivity index (χ0n) is 12.8. The summed E-state index contributed by atoms with van der Waals surface area (Å²) in [7, 11) is 1.35. The number of nitrogens with zero attached hydrogens (tertiary/aromatic N) is 1. The van der Waals surface area contributed by atoms with E-state index >= 15 is 0 Å². The van der Waals surface area contributed by atoms with Crippen molar-refractivity contribution in [3.63, 3.8) is 0 Å². The maximum absolute atomic E-state index is 12.1. The maximum Gasteiger partial charge on any atom is 0.309 e. The molecule has 6 heteroatoms. The van der Waals surface area contributed by atoms with Gasteiger partial charge in [-0.1, -0.05) is 24.3 Å². The lowest BCUT2D eigenvalue weighted by Crippen LogP contribution is -2.24. The van der Waals surface area contributed by atoms with E-state index in [-0.39, 0.29) is 24.0 Å². The lowest BCUT2D eigenvalue weighted by molar-refractivity contribution is -0.139. The van der Waals surface area contributed by atoms with Gasteiger partial charge in [0, 0.05) is 13.5 Å². The van der Waals surface area contributed by atoms with Crippen molar-refractivity contribution in [2.75, 3.05) is 7.11 Å². The number of hydrogen-bond donors (Lipinski definition) is 1. The molecule has 0 saturated heterocycles. The number of amides is 1. The summed E-state index contributed by atoms with van der Waals surface area (Å²) in [4.78, 5) is 27.6. The highest BCUT2D eigenvalue weighted by molar-refractivity contribution is 5.93. The number of aryl methyl sites for hydroxylation is 2. The average molecular weight is 302 g/mol. The predicted octanol–water partition coefficient (Wildman–Crippen LogP) is 1.94. The van der Waals surface area contributed by atoms with Crippen molar-refractivity contribution in [2.45, 2.75) is 26.8 Å². The molecule has 1 aromatic carbocycles. The van der Waals surface area contributed by atoms with Crippen LogP contribution in [0.15, 0.2) is 28.7 Å². The third kappa shape index (κ3) is 3.72. The van der Waals surface area contributed by atoms with Gasteiger partial charge in [-0.3, -0.25) is 9.59 Å². The third-order valence-electron chi connectivity index (χ3n) is 3.24. The summed E-state index contributed by atoms with van der Waals surface area (Å²) in [6, 6.07) is 7.39. The van der Waals surface area contributed by atoms with Crippen LogP contribution in [0.4, 0.5) is 0 Å². The van der Waals surface area contributed by atoms with Crippen LogP contribution in [0.1, 0.15) is 33.3 Å². The van der Waals surface area contributed by atoms with Crippen LogP contribution in [-0.2, 0) is 22.5 Å². The Kier molecular flexibility index (Phi) is 4.93. The molecular formula is C16H18N2O4. The van der Waals surface area contributed by atoms with E-state index in [1.54, 1.807) is 13.8 Å². The summed E-state index contributed by atoms with van der Waals surface area (Å²) in [5.74, 6) is 0.315. The molecule has 22 heavy (non-hydrogen) atoms. The monoisotopic (exact) mass is 302 g/mol. The normalized spacial score (nSPS) is 10.3. The summed E-state index contributed by atoms with van der Waals surface area (Å²) in [5.41, 5.74) is 1.96. The summed E-state index contributed by atoms with van der Waals surface area (Å²) < 4.78 is 9.92. The number of carbonyl (C=O) groups is 2. The fourth-order valence-corrected chi connectivity index (χ4v) is 2.13. The van der Waals surface area contributed by atoms with E-state index in [1.807, 2.05) is 24.3 Å². The number of methoxy groups -OCH3 is 1. The third-order valence-corrected chi connectivity index (χ3v) is 3.24. The van der Waals surface area contributed by atoms with E-state index in [2.05, 4.69) is 15.0 Å². The molecule has 0 bridgehead atoms. The van der Waals surface area contributed by atoms with Gasteiger partial charge in [-0.15, -0.1) is 0 Å². The summed E-state index contributed by atoms with van der Waals surface area (Å²) in [6.07, 6.45) is 0.171. The molecule has 0 spiro atoms. The number of nitrogens with one attached hydrogen (secondary N) is 1. The van der Waals surface area contributed by atoms with E-state index in [9.17, 15) is 9.59 Å². The molecule has 0 atom stereocenters. The molecule has 0 unspecified atom stereocenters. The molecule has 0 aliphatic rings. The first-order chi connectivity index (χ1) is 10.5. The van der Waals surface area contributed by atoms with Gasteiger partial charge >= 0.3 is 5.97 Å². The van der Waals surface area contributed by atoms with E-state index < -0.39 is 0 Å². The fourth-order valence-electron chi connectivity index (χ4n) is 2.13. The molecule has 6 nitrogen and oxygen atoms in total. The Labute approximate surface area is 128 Å². The number of esters is 1. The van der Waals surface area contributed by atoms with Gasteiger partial charge < -0.3 is 14.5 Å².